The molecule has 0 aromatic rings. The van der Waals surface area contributed by atoms with Crippen LogP contribution in [0, 0.1) is 0 Å². The van der Waals surface area contributed by atoms with Crippen LogP contribution in [0.15, 0.2) is 0 Å². The van der Waals surface area contributed by atoms with Crippen molar-refractivity contribution in [3.8, 4) is 0 Å². The van der Waals surface area contributed by atoms with Gasteiger partial charge in [-0.25, -0.2) is 8.42 Å². The lowest BCUT2D eigenvalue weighted by atomic mass is 10.0. The molecule has 1 saturated heterocycles. The van der Waals surface area contributed by atoms with Gasteiger partial charge in [-0.05, 0) is 25.8 Å². The van der Waals surface area contributed by atoms with Gasteiger partial charge in [0.2, 0.25) is 0 Å². The van der Waals surface area contributed by atoms with E-state index in [0.29, 0.717) is 13.0 Å². The third-order valence-electron chi connectivity index (χ3n) is 3.16. The number of aliphatic hydroxyl groups is 1. The number of hydrogen-bond donors (Lipinski definition) is 1. The minimum absolute atomic E-state index is 0.147. The Morgan fingerprint density at radius 1 is 1.31 bits per heavy atom. The molecule has 1 fully saturated rings. The predicted molar refractivity (Wildman–Crippen MR) is 65.2 cm³/mol. The fourth-order valence-electron chi connectivity index (χ4n) is 2.23. The number of piperidine rings is 1. The second-order valence-corrected chi connectivity index (χ2v) is 6.82. The van der Waals surface area contributed by atoms with Crippen LogP contribution in [0.4, 0.5) is 0 Å². The van der Waals surface area contributed by atoms with Crippen LogP contribution in [0.1, 0.15) is 32.6 Å². The number of nitrogens with zero attached hydrogens (tertiary/aromatic N) is 1. The Labute approximate surface area is 98.6 Å². The van der Waals surface area contributed by atoms with Crippen LogP contribution in [0.2, 0.25) is 0 Å². The number of rotatable bonds is 6. The van der Waals surface area contributed by atoms with Gasteiger partial charge in [0.05, 0.1) is 12.4 Å². The van der Waals surface area contributed by atoms with Crippen LogP contribution in [0.3, 0.4) is 0 Å². The first-order valence-corrected chi connectivity index (χ1v) is 7.96. The quantitative estimate of drug-likeness (QED) is 0.751. The average Bonchev–Trinajstić information content (AvgIpc) is 2.27. The molecule has 0 aromatic heterocycles. The first kappa shape index (κ1) is 13.9. The Morgan fingerprint density at radius 2 is 2.06 bits per heavy atom. The van der Waals surface area contributed by atoms with E-state index in [1.54, 1.807) is 0 Å². The van der Waals surface area contributed by atoms with Gasteiger partial charge in [-0.3, -0.25) is 4.90 Å². The Morgan fingerprint density at radius 3 is 2.69 bits per heavy atom. The van der Waals surface area contributed by atoms with Crippen molar-refractivity contribution >= 4 is 9.84 Å². The lowest BCUT2D eigenvalue weighted by Crippen LogP contribution is -2.44. The second-order valence-electron chi connectivity index (χ2n) is 4.52. The third kappa shape index (κ3) is 4.39. The number of sulfone groups is 1. The molecule has 0 spiro atoms. The first-order valence-electron chi connectivity index (χ1n) is 6.14. The maximum atomic E-state index is 11.6. The Bertz CT molecular complexity index is 290. The summed E-state index contributed by atoms with van der Waals surface area (Å²) in [6.45, 7) is 3.53. The van der Waals surface area contributed by atoms with Gasteiger partial charge in [0.15, 0.2) is 9.84 Å². The van der Waals surface area contributed by atoms with Crippen LogP contribution < -0.4 is 0 Å². The maximum absolute atomic E-state index is 11.6. The Kier molecular flexibility index (Phi) is 5.72. The van der Waals surface area contributed by atoms with Crippen molar-refractivity contribution < 1.29 is 13.5 Å². The Balaban J connectivity index is 2.41. The molecule has 1 rings (SSSR count). The summed E-state index contributed by atoms with van der Waals surface area (Å²) >= 11 is 0. The molecule has 1 aliphatic heterocycles. The fourth-order valence-corrected chi connectivity index (χ4v) is 3.57. The van der Waals surface area contributed by atoms with E-state index < -0.39 is 9.84 Å². The zero-order chi connectivity index (χ0) is 12.0. The van der Waals surface area contributed by atoms with E-state index in [9.17, 15) is 13.5 Å². The van der Waals surface area contributed by atoms with Crippen LogP contribution in [0.5, 0.6) is 0 Å². The lowest BCUT2D eigenvalue weighted by Gasteiger charge is -2.34. The van der Waals surface area contributed by atoms with E-state index in [4.69, 9.17) is 0 Å². The molecule has 0 saturated carbocycles. The highest BCUT2D eigenvalue weighted by molar-refractivity contribution is 7.91. The molecule has 16 heavy (non-hydrogen) atoms. The summed E-state index contributed by atoms with van der Waals surface area (Å²) in [6.07, 6.45) is 3.93. The van der Waals surface area contributed by atoms with E-state index in [-0.39, 0.29) is 24.2 Å². The van der Waals surface area contributed by atoms with E-state index in [1.807, 2.05) is 6.92 Å². The van der Waals surface area contributed by atoms with E-state index in [2.05, 4.69) is 4.90 Å². The molecule has 1 atom stereocenters. The maximum Gasteiger partial charge on any atom is 0.151 e. The van der Waals surface area contributed by atoms with Gasteiger partial charge in [-0.1, -0.05) is 13.3 Å². The van der Waals surface area contributed by atoms with Crippen molar-refractivity contribution in [3.63, 3.8) is 0 Å². The highest BCUT2D eigenvalue weighted by Gasteiger charge is 2.22. The fraction of sp³-hybridized carbons (Fsp3) is 1.00. The number of aliphatic hydroxyl groups excluding tert-OH is 1. The molecular formula is C11H23NO3S. The normalized spacial score (nSPS) is 23.5. The second kappa shape index (κ2) is 6.57. The molecule has 96 valence electrons. The van der Waals surface area contributed by atoms with E-state index >= 15 is 0 Å². The van der Waals surface area contributed by atoms with Crippen molar-refractivity contribution in [1.29, 1.82) is 0 Å². The van der Waals surface area contributed by atoms with Gasteiger partial charge in [0.25, 0.3) is 0 Å². The van der Waals surface area contributed by atoms with Crippen LogP contribution in [-0.2, 0) is 9.84 Å². The summed E-state index contributed by atoms with van der Waals surface area (Å²) in [5, 5.41) is 9.20. The van der Waals surface area contributed by atoms with Crippen LogP contribution >= 0.6 is 0 Å². The zero-order valence-electron chi connectivity index (χ0n) is 10.1. The van der Waals surface area contributed by atoms with E-state index in [1.165, 1.54) is 0 Å². The molecular weight excluding hydrogens is 226 g/mol. The van der Waals surface area contributed by atoms with Crippen molar-refractivity contribution in [2.24, 2.45) is 0 Å². The summed E-state index contributed by atoms with van der Waals surface area (Å²) < 4.78 is 23.2. The molecule has 0 radical (unpaired) electrons. The highest BCUT2D eigenvalue weighted by Crippen LogP contribution is 2.16. The average molecular weight is 249 g/mol. The van der Waals surface area contributed by atoms with Gasteiger partial charge in [0.1, 0.15) is 0 Å². The van der Waals surface area contributed by atoms with Crippen LogP contribution in [0.25, 0.3) is 0 Å². The molecule has 1 aliphatic rings. The molecule has 0 aliphatic carbocycles. The molecule has 0 amide bonds. The summed E-state index contributed by atoms with van der Waals surface area (Å²) in [5.74, 6) is 0.516. The summed E-state index contributed by atoms with van der Waals surface area (Å²) in [7, 11) is -2.89. The first-order chi connectivity index (χ1) is 7.59. The largest absolute Gasteiger partial charge is 0.395 e. The van der Waals surface area contributed by atoms with Crippen molar-refractivity contribution in [2.75, 3.05) is 31.2 Å². The minimum atomic E-state index is -2.89. The van der Waals surface area contributed by atoms with Crippen molar-refractivity contribution in [2.45, 2.75) is 38.6 Å². The predicted octanol–water partition coefficient (Wildman–Crippen LogP) is 0.658. The molecule has 0 bridgehead atoms. The summed E-state index contributed by atoms with van der Waals surface area (Å²) in [5.41, 5.74) is 0. The van der Waals surface area contributed by atoms with Crippen LogP contribution in [-0.4, -0.2) is 55.7 Å². The number of hydrogen-bond acceptors (Lipinski definition) is 4. The molecule has 5 heteroatoms. The van der Waals surface area contributed by atoms with Gasteiger partial charge in [0, 0.05) is 18.3 Å². The highest BCUT2D eigenvalue weighted by atomic mass is 32.2. The monoisotopic (exact) mass is 249 g/mol. The molecule has 4 nitrogen and oxygen atoms in total. The standard InChI is InChI=1S/C11H23NO3S/c1-2-8-16(14,15)9-7-12-6-4-3-5-11(12)10-13/h11,13H,2-10H2,1H3. The minimum Gasteiger partial charge on any atom is -0.395 e. The molecule has 1 unspecified atom stereocenters. The SMILES string of the molecule is CCCS(=O)(=O)CCN1CCCCC1CO. The van der Waals surface area contributed by atoms with Gasteiger partial charge in [-0.2, -0.15) is 0 Å². The topological polar surface area (TPSA) is 57.6 Å². The smallest absolute Gasteiger partial charge is 0.151 e. The molecule has 1 N–H and O–H groups in total. The van der Waals surface area contributed by atoms with Gasteiger partial charge >= 0.3 is 0 Å². The van der Waals surface area contributed by atoms with Gasteiger partial charge in [-0.15, -0.1) is 0 Å². The summed E-state index contributed by atoms with van der Waals surface area (Å²) in [6, 6.07) is 0.172. The third-order valence-corrected chi connectivity index (χ3v) is 5.00. The molecule has 0 aromatic carbocycles. The summed E-state index contributed by atoms with van der Waals surface area (Å²) in [4.78, 5) is 2.12. The van der Waals surface area contributed by atoms with Gasteiger partial charge < -0.3 is 5.11 Å². The van der Waals surface area contributed by atoms with Crippen molar-refractivity contribution in [1.82, 2.24) is 4.90 Å². The van der Waals surface area contributed by atoms with E-state index in [0.717, 1.165) is 25.8 Å². The zero-order valence-corrected chi connectivity index (χ0v) is 10.9. The molecule has 1 heterocycles. The lowest BCUT2D eigenvalue weighted by molar-refractivity contribution is 0.0958. The van der Waals surface area contributed by atoms with Crippen molar-refractivity contribution in [3.05, 3.63) is 0 Å². The number of likely N-dealkylation sites (tertiary alicyclic amines) is 1. The Hall–Kier alpha value is -0.130.